The lowest BCUT2D eigenvalue weighted by Crippen LogP contribution is -2.38. The highest BCUT2D eigenvalue weighted by Gasteiger charge is 2.15. The van der Waals surface area contributed by atoms with E-state index in [9.17, 15) is 4.79 Å². The van der Waals surface area contributed by atoms with E-state index < -0.39 is 6.10 Å². The van der Waals surface area contributed by atoms with Gasteiger partial charge in [0.25, 0.3) is 5.91 Å². The zero-order chi connectivity index (χ0) is 18.2. The van der Waals surface area contributed by atoms with E-state index in [1.54, 1.807) is 6.92 Å². The predicted molar refractivity (Wildman–Crippen MR) is 100 cm³/mol. The minimum atomic E-state index is -0.548. The second kappa shape index (κ2) is 9.11. The van der Waals surface area contributed by atoms with Gasteiger partial charge in [0.2, 0.25) is 0 Å². The Morgan fingerprint density at radius 1 is 1.08 bits per heavy atom. The Morgan fingerprint density at radius 2 is 1.80 bits per heavy atom. The SMILES string of the molecule is CCc1ccccc1O[C@@H](C)C(=O)NCCOc1cccc(C)c1C. The first-order valence-electron chi connectivity index (χ1n) is 8.74. The molecule has 0 saturated heterocycles. The molecule has 0 aliphatic carbocycles. The normalized spacial score (nSPS) is 11.7. The van der Waals surface area contributed by atoms with Crippen molar-refractivity contribution in [2.45, 2.75) is 40.2 Å². The monoisotopic (exact) mass is 341 g/mol. The van der Waals surface area contributed by atoms with Gasteiger partial charge in [-0.15, -0.1) is 0 Å². The number of ether oxygens (including phenoxy) is 2. The topological polar surface area (TPSA) is 47.6 Å². The van der Waals surface area contributed by atoms with Crippen molar-refractivity contribution in [3.63, 3.8) is 0 Å². The van der Waals surface area contributed by atoms with Gasteiger partial charge < -0.3 is 14.8 Å². The molecule has 0 aliphatic rings. The van der Waals surface area contributed by atoms with Gasteiger partial charge in [0.05, 0.1) is 6.54 Å². The molecule has 2 aromatic carbocycles. The van der Waals surface area contributed by atoms with E-state index in [0.717, 1.165) is 29.0 Å². The fourth-order valence-electron chi connectivity index (χ4n) is 2.51. The molecule has 25 heavy (non-hydrogen) atoms. The number of para-hydroxylation sites is 1. The lowest BCUT2D eigenvalue weighted by atomic mass is 10.1. The average molecular weight is 341 g/mol. The first-order chi connectivity index (χ1) is 12.0. The molecule has 4 nitrogen and oxygen atoms in total. The molecule has 0 fully saturated rings. The Bertz CT molecular complexity index is 712. The van der Waals surface area contributed by atoms with Gasteiger partial charge in [0.15, 0.2) is 6.10 Å². The van der Waals surface area contributed by atoms with Gasteiger partial charge in [-0.3, -0.25) is 4.79 Å². The van der Waals surface area contributed by atoms with Gasteiger partial charge >= 0.3 is 0 Å². The van der Waals surface area contributed by atoms with Gasteiger partial charge in [-0.2, -0.15) is 0 Å². The van der Waals surface area contributed by atoms with Gasteiger partial charge in [-0.25, -0.2) is 0 Å². The molecule has 134 valence electrons. The molecule has 0 radical (unpaired) electrons. The van der Waals surface area contributed by atoms with Crippen LogP contribution in [0.3, 0.4) is 0 Å². The predicted octanol–water partition coefficient (Wildman–Crippen LogP) is 3.83. The molecule has 0 saturated carbocycles. The maximum absolute atomic E-state index is 12.2. The van der Waals surface area contributed by atoms with Crippen LogP contribution in [0.1, 0.15) is 30.5 Å². The van der Waals surface area contributed by atoms with Crippen LogP contribution in [0.5, 0.6) is 11.5 Å². The summed E-state index contributed by atoms with van der Waals surface area (Å²) in [5, 5.41) is 2.86. The van der Waals surface area contributed by atoms with Gasteiger partial charge in [-0.1, -0.05) is 37.3 Å². The van der Waals surface area contributed by atoms with Gasteiger partial charge in [-0.05, 0) is 56.0 Å². The number of benzene rings is 2. The molecule has 0 spiro atoms. The largest absolute Gasteiger partial charge is 0.491 e. The summed E-state index contributed by atoms with van der Waals surface area (Å²) in [7, 11) is 0. The number of hydrogen-bond acceptors (Lipinski definition) is 3. The molecule has 1 N–H and O–H groups in total. The third-order valence-electron chi connectivity index (χ3n) is 4.24. The van der Waals surface area contributed by atoms with E-state index in [1.807, 2.05) is 43.3 Å². The van der Waals surface area contributed by atoms with Crippen molar-refractivity contribution in [3.05, 3.63) is 59.2 Å². The first-order valence-corrected chi connectivity index (χ1v) is 8.74. The molecule has 0 aromatic heterocycles. The smallest absolute Gasteiger partial charge is 0.260 e. The second-order valence-electron chi connectivity index (χ2n) is 6.06. The number of rotatable bonds is 8. The van der Waals surface area contributed by atoms with Crippen LogP contribution >= 0.6 is 0 Å². The Hall–Kier alpha value is -2.49. The summed E-state index contributed by atoms with van der Waals surface area (Å²) in [6.45, 7) is 8.77. The average Bonchev–Trinajstić information content (AvgIpc) is 2.62. The Labute approximate surface area is 150 Å². The summed E-state index contributed by atoms with van der Waals surface area (Å²) in [5.74, 6) is 1.48. The standard InChI is InChI=1S/C21H27NO3/c1-5-18-10-6-7-11-20(18)25-17(4)21(23)22-13-14-24-19-12-8-9-15(2)16(19)3/h6-12,17H,5,13-14H2,1-4H3,(H,22,23)/t17-/m0/s1. The van der Waals surface area contributed by atoms with Crippen LogP contribution < -0.4 is 14.8 Å². The molecule has 2 rings (SSSR count). The Kier molecular flexibility index (Phi) is 6.87. The lowest BCUT2D eigenvalue weighted by molar-refractivity contribution is -0.127. The van der Waals surface area contributed by atoms with E-state index in [-0.39, 0.29) is 5.91 Å². The molecule has 2 aromatic rings. The lowest BCUT2D eigenvalue weighted by Gasteiger charge is -2.17. The van der Waals surface area contributed by atoms with Gasteiger partial charge in [0, 0.05) is 0 Å². The molecule has 0 bridgehead atoms. The summed E-state index contributed by atoms with van der Waals surface area (Å²) in [4.78, 5) is 12.2. The van der Waals surface area contributed by atoms with Crippen LogP contribution in [0.2, 0.25) is 0 Å². The quantitative estimate of drug-likeness (QED) is 0.742. The van der Waals surface area contributed by atoms with Crippen LogP contribution in [0.25, 0.3) is 0 Å². The summed E-state index contributed by atoms with van der Waals surface area (Å²) in [5.41, 5.74) is 3.42. The highest BCUT2D eigenvalue weighted by Crippen LogP contribution is 2.21. The molecule has 0 heterocycles. The van der Waals surface area contributed by atoms with Crippen LogP contribution in [-0.4, -0.2) is 25.2 Å². The minimum absolute atomic E-state index is 0.143. The minimum Gasteiger partial charge on any atom is -0.491 e. The molecule has 0 unspecified atom stereocenters. The molecular formula is C21H27NO3. The number of carbonyl (C=O) groups excluding carboxylic acids is 1. The zero-order valence-electron chi connectivity index (χ0n) is 15.5. The van der Waals surface area contributed by atoms with Crippen molar-refractivity contribution in [2.75, 3.05) is 13.2 Å². The van der Waals surface area contributed by atoms with Gasteiger partial charge in [0.1, 0.15) is 18.1 Å². The molecule has 4 heteroatoms. The van der Waals surface area contributed by atoms with Crippen LogP contribution in [0, 0.1) is 13.8 Å². The van der Waals surface area contributed by atoms with E-state index >= 15 is 0 Å². The zero-order valence-corrected chi connectivity index (χ0v) is 15.5. The number of carbonyl (C=O) groups is 1. The summed E-state index contributed by atoms with van der Waals surface area (Å²) >= 11 is 0. The Morgan fingerprint density at radius 3 is 2.56 bits per heavy atom. The highest BCUT2D eigenvalue weighted by atomic mass is 16.5. The Balaban J connectivity index is 1.79. The maximum atomic E-state index is 12.2. The summed E-state index contributed by atoms with van der Waals surface area (Å²) in [6.07, 6.45) is 0.321. The number of hydrogen-bond donors (Lipinski definition) is 1. The van der Waals surface area contributed by atoms with Crippen molar-refractivity contribution in [3.8, 4) is 11.5 Å². The number of nitrogens with one attached hydrogen (secondary N) is 1. The third-order valence-corrected chi connectivity index (χ3v) is 4.24. The van der Waals surface area contributed by atoms with Crippen LogP contribution in [0.4, 0.5) is 0 Å². The molecule has 0 aliphatic heterocycles. The molecule has 1 atom stereocenters. The van der Waals surface area contributed by atoms with Crippen LogP contribution in [0.15, 0.2) is 42.5 Å². The maximum Gasteiger partial charge on any atom is 0.260 e. The second-order valence-corrected chi connectivity index (χ2v) is 6.06. The fourth-order valence-corrected chi connectivity index (χ4v) is 2.51. The van der Waals surface area contributed by atoms with Crippen molar-refractivity contribution >= 4 is 5.91 Å². The highest BCUT2D eigenvalue weighted by molar-refractivity contribution is 5.80. The summed E-state index contributed by atoms with van der Waals surface area (Å²) < 4.78 is 11.5. The molecular weight excluding hydrogens is 314 g/mol. The number of amides is 1. The van der Waals surface area contributed by atoms with Crippen molar-refractivity contribution < 1.29 is 14.3 Å². The fraction of sp³-hybridized carbons (Fsp3) is 0.381. The first kappa shape index (κ1) is 18.8. The van der Waals surface area contributed by atoms with Crippen molar-refractivity contribution in [1.82, 2.24) is 5.32 Å². The van der Waals surface area contributed by atoms with E-state index in [4.69, 9.17) is 9.47 Å². The summed E-state index contributed by atoms with van der Waals surface area (Å²) in [6, 6.07) is 13.8. The van der Waals surface area contributed by atoms with E-state index in [1.165, 1.54) is 5.56 Å². The third kappa shape index (κ3) is 5.24. The molecule has 1 amide bonds. The van der Waals surface area contributed by atoms with E-state index in [0.29, 0.717) is 13.2 Å². The number of aryl methyl sites for hydroxylation is 2. The van der Waals surface area contributed by atoms with Crippen molar-refractivity contribution in [2.24, 2.45) is 0 Å². The van der Waals surface area contributed by atoms with E-state index in [2.05, 4.69) is 25.2 Å². The van der Waals surface area contributed by atoms with Crippen molar-refractivity contribution in [1.29, 1.82) is 0 Å². The van der Waals surface area contributed by atoms with Crippen LogP contribution in [-0.2, 0) is 11.2 Å².